The number of anilines is 1. The minimum Gasteiger partial charge on any atom is -0.482 e. The average Bonchev–Trinajstić information content (AvgIpc) is 2.91. The summed E-state index contributed by atoms with van der Waals surface area (Å²) < 4.78 is 5.49. The van der Waals surface area contributed by atoms with Crippen molar-refractivity contribution in [3.8, 4) is 5.75 Å². The first kappa shape index (κ1) is 13.0. The van der Waals surface area contributed by atoms with Gasteiger partial charge in [-0.2, -0.15) is 0 Å². The van der Waals surface area contributed by atoms with Gasteiger partial charge in [0.15, 0.2) is 6.61 Å². The molecule has 1 saturated carbocycles. The molecule has 0 atom stereocenters. The SMILES string of the molecule is O=C1COc2ccccc2N1CC1(CBr)CCCC1. The minimum atomic E-state index is 0.0749. The molecule has 0 aromatic heterocycles. The van der Waals surface area contributed by atoms with Crippen molar-refractivity contribution in [3.63, 3.8) is 0 Å². The summed E-state index contributed by atoms with van der Waals surface area (Å²) in [6.45, 7) is 0.965. The zero-order valence-corrected chi connectivity index (χ0v) is 12.5. The third-order valence-corrected chi connectivity index (χ3v) is 5.44. The Kier molecular flexibility index (Phi) is 3.52. The molecule has 2 aliphatic rings. The minimum absolute atomic E-state index is 0.0749. The predicted octanol–water partition coefficient (Wildman–Crippen LogP) is 3.37. The van der Waals surface area contributed by atoms with E-state index in [1.807, 2.05) is 29.2 Å². The zero-order valence-electron chi connectivity index (χ0n) is 10.9. The van der Waals surface area contributed by atoms with Crippen molar-refractivity contribution >= 4 is 27.5 Å². The van der Waals surface area contributed by atoms with Crippen molar-refractivity contribution in [2.75, 3.05) is 23.4 Å². The zero-order chi connectivity index (χ0) is 13.3. The van der Waals surface area contributed by atoms with Gasteiger partial charge in [0.25, 0.3) is 5.91 Å². The Morgan fingerprint density at radius 1 is 1.26 bits per heavy atom. The van der Waals surface area contributed by atoms with Crippen LogP contribution in [0, 0.1) is 5.41 Å². The van der Waals surface area contributed by atoms with Gasteiger partial charge in [-0.3, -0.25) is 4.79 Å². The van der Waals surface area contributed by atoms with Crippen molar-refractivity contribution < 1.29 is 9.53 Å². The van der Waals surface area contributed by atoms with Crippen LogP contribution in [-0.2, 0) is 4.79 Å². The number of alkyl halides is 1. The predicted molar refractivity (Wildman–Crippen MR) is 79.0 cm³/mol. The van der Waals surface area contributed by atoms with Crippen molar-refractivity contribution in [2.24, 2.45) is 5.41 Å². The summed E-state index contributed by atoms with van der Waals surface area (Å²) in [7, 11) is 0. The van der Waals surface area contributed by atoms with Gasteiger partial charge in [0, 0.05) is 11.9 Å². The highest BCUT2D eigenvalue weighted by atomic mass is 79.9. The maximum Gasteiger partial charge on any atom is 0.265 e. The van der Waals surface area contributed by atoms with E-state index in [-0.39, 0.29) is 17.9 Å². The maximum absolute atomic E-state index is 12.2. The summed E-state index contributed by atoms with van der Waals surface area (Å²) in [4.78, 5) is 14.1. The lowest BCUT2D eigenvalue weighted by atomic mass is 9.87. The highest BCUT2D eigenvalue weighted by molar-refractivity contribution is 9.09. The van der Waals surface area contributed by atoms with Crippen LogP contribution in [0.25, 0.3) is 0 Å². The van der Waals surface area contributed by atoms with Crippen LogP contribution in [0.15, 0.2) is 24.3 Å². The van der Waals surface area contributed by atoms with Gasteiger partial charge in [-0.05, 0) is 30.4 Å². The number of rotatable bonds is 3. The molecule has 1 fully saturated rings. The van der Waals surface area contributed by atoms with Crippen LogP contribution in [0.1, 0.15) is 25.7 Å². The number of carbonyl (C=O) groups is 1. The van der Waals surface area contributed by atoms with E-state index in [1.165, 1.54) is 25.7 Å². The molecule has 1 aromatic rings. The fourth-order valence-corrected chi connectivity index (χ4v) is 3.86. The van der Waals surface area contributed by atoms with Crippen LogP contribution in [0.3, 0.4) is 0 Å². The number of carbonyl (C=O) groups excluding carboxylic acids is 1. The van der Waals surface area contributed by atoms with Gasteiger partial charge in [0.1, 0.15) is 5.75 Å². The molecule has 4 heteroatoms. The molecule has 3 rings (SSSR count). The first-order valence-corrected chi connectivity index (χ1v) is 7.94. The summed E-state index contributed by atoms with van der Waals surface area (Å²) in [5.41, 5.74) is 1.16. The number of amides is 1. The van der Waals surface area contributed by atoms with Gasteiger partial charge in [0.05, 0.1) is 5.69 Å². The smallest absolute Gasteiger partial charge is 0.265 e. The van der Waals surface area contributed by atoms with E-state index in [2.05, 4.69) is 15.9 Å². The quantitative estimate of drug-likeness (QED) is 0.798. The molecule has 1 heterocycles. The van der Waals surface area contributed by atoms with Crippen molar-refractivity contribution in [3.05, 3.63) is 24.3 Å². The van der Waals surface area contributed by atoms with E-state index in [0.717, 1.165) is 23.3 Å². The average molecular weight is 324 g/mol. The Labute approximate surface area is 122 Å². The van der Waals surface area contributed by atoms with E-state index in [9.17, 15) is 4.79 Å². The first-order chi connectivity index (χ1) is 9.24. The largest absolute Gasteiger partial charge is 0.482 e. The Balaban J connectivity index is 1.89. The van der Waals surface area contributed by atoms with Crippen LogP contribution in [0.2, 0.25) is 0 Å². The van der Waals surface area contributed by atoms with E-state index < -0.39 is 0 Å². The van der Waals surface area contributed by atoms with Crippen LogP contribution < -0.4 is 9.64 Å². The second kappa shape index (κ2) is 5.16. The summed E-state index contributed by atoms with van der Waals surface area (Å²) >= 11 is 3.65. The summed E-state index contributed by atoms with van der Waals surface area (Å²) in [6, 6.07) is 7.82. The summed E-state index contributed by atoms with van der Waals surface area (Å²) in [5.74, 6) is 0.899. The summed E-state index contributed by atoms with van der Waals surface area (Å²) in [5, 5.41) is 0.965. The number of benzene rings is 1. The van der Waals surface area contributed by atoms with E-state index in [1.54, 1.807) is 0 Å². The maximum atomic E-state index is 12.2. The fourth-order valence-electron chi connectivity index (χ4n) is 3.12. The number of fused-ring (bicyclic) bond motifs is 1. The molecule has 19 heavy (non-hydrogen) atoms. The Morgan fingerprint density at radius 3 is 2.74 bits per heavy atom. The number of hydrogen-bond acceptors (Lipinski definition) is 2. The third kappa shape index (κ3) is 2.38. The number of ether oxygens (including phenoxy) is 1. The van der Waals surface area contributed by atoms with Crippen LogP contribution in [-0.4, -0.2) is 24.4 Å². The van der Waals surface area contributed by atoms with E-state index in [4.69, 9.17) is 4.74 Å². The standard InChI is InChI=1S/C15H18BrNO2/c16-10-15(7-3-4-8-15)11-17-12-5-1-2-6-13(12)19-9-14(17)18/h1-2,5-6H,3-4,7-11H2. The molecule has 1 aliphatic heterocycles. The second-order valence-corrected chi connectivity index (χ2v) is 6.14. The molecule has 1 aromatic carbocycles. The topological polar surface area (TPSA) is 29.5 Å². The molecule has 1 amide bonds. The van der Waals surface area contributed by atoms with E-state index >= 15 is 0 Å². The normalized spacial score (nSPS) is 21.1. The third-order valence-electron chi connectivity index (χ3n) is 4.25. The Bertz CT molecular complexity index is 483. The molecule has 0 unspecified atom stereocenters. The van der Waals surface area contributed by atoms with Gasteiger partial charge in [-0.15, -0.1) is 0 Å². The molecule has 0 N–H and O–H groups in total. The Hall–Kier alpha value is -1.03. The number of hydrogen-bond donors (Lipinski definition) is 0. The number of halogens is 1. The van der Waals surface area contributed by atoms with Gasteiger partial charge in [-0.1, -0.05) is 40.9 Å². The van der Waals surface area contributed by atoms with E-state index in [0.29, 0.717) is 0 Å². The number of para-hydroxylation sites is 2. The first-order valence-electron chi connectivity index (χ1n) is 6.82. The molecular formula is C15H18BrNO2. The lowest BCUT2D eigenvalue weighted by Crippen LogP contribution is -2.45. The van der Waals surface area contributed by atoms with Crippen molar-refractivity contribution in [2.45, 2.75) is 25.7 Å². The highest BCUT2D eigenvalue weighted by Gasteiger charge is 2.38. The van der Waals surface area contributed by atoms with Crippen LogP contribution in [0.4, 0.5) is 5.69 Å². The highest BCUT2D eigenvalue weighted by Crippen LogP contribution is 2.42. The molecule has 102 valence electrons. The van der Waals surface area contributed by atoms with Crippen LogP contribution in [0.5, 0.6) is 5.75 Å². The van der Waals surface area contributed by atoms with Crippen molar-refractivity contribution in [1.29, 1.82) is 0 Å². The molecule has 0 spiro atoms. The summed E-state index contributed by atoms with van der Waals surface area (Å²) in [6.07, 6.45) is 4.94. The monoisotopic (exact) mass is 323 g/mol. The molecule has 0 bridgehead atoms. The lowest BCUT2D eigenvalue weighted by molar-refractivity contribution is -0.121. The van der Waals surface area contributed by atoms with Gasteiger partial charge in [0.2, 0.25) is 0 Å². The number of nitrogens with zero attached hydrogens (tertiary/aromatic N) is 1. The van der Waals surface area contributed by atoms with Gasteiger partial charge >= 0.3 is 0 Å². The van der Waals surface area contributed by atoms with Gasteiger partial charge in [-0.25, -0.2) is 0 Å². The van der Waals surface area contributed by atoms with Crippen LogP contribution >= 0.6 is 15.9 Å². The molecular weight excluding hydrogens is 306 g/mol. The Morgan fingerprint density at radius 2 is 2.00 bits per heavy atom. The van der Waals surface area contributed by atoms with Gasteiger partial charge < -0.3 is 9.64 Å². The van der Waals surface area contributed by atoms with Crippen molar-refractivity contribution in [1.82, 2.24) is 0 Å². The second-order valence-electron chi connectivity index (χ2n) is 5.58. The molecule has 3 nitrogen and oxygen atoms in total. The fraction of sp³-hybridized carbons (Fsp3) is 0.533. The molecule has 0 radical (unpaired) electrons. The molecule has 0 saturated heterocycles. The lowest BCUT2D eigenvalue weighted by Gasteiger charge is -2.37. The molecule has 1 aliphatic carbocycles.